The van der Waals surface area contributed by atoms with E-state index in [1.165, 1.54) is 11.8 Å². The van der Waals surface area contributed by atoms with Gasteiger partial charge in [0.25, 0.3) is 5.91 Å². The van der Waals surface area contributed by atoms with Gasteiger partial charge < -0.3 is 0 Å². The predicted molar refractivity (Wildman–Crippen MR) is 122 cm³/mol. The molecule has 0 radical (unpaired) electrons. The van der Waals surface area contributed by atoms with Crippen LogP contribution in [0.25, 0.3) is 0 Å². The van der Waals surface area contributed by atoms with Crippen LogP contribution in [0.3, 0.4) is 0 Å². The molecule has 30 heavy (non-hydrogen) atoms. The summed E-state index contributed by atoms with van der Waals surface area (Å²) in [6, 6.07) is 15.1. The molecule has 5 nitrogen and oxygen atoms in total. The van der Waals surface area contributed by atoms with Crippen molar-refractivity contribution in [3.05, 3.63) is 59.1 Å². The average molecular weight is 442 g/mol. The summed E-state index contributed by atoms with van der Waals surface area (Å²) in [4.78, 5) is 31.8. The summed E-state index contributed by atoms with van der Waals surface area (Å²) < 4.78 is 0. The number of carbonyl (C=O) groups is 2. The number of thioether (sulfide) groups is 1. The van der Waals surface area contributed by atoms with Crippen molar-refractivity contribution in [2.24, 2.45) is 5.92 Å². The largest absolute Gasteiger partial charge is 0.295 e. The number of anilines is 2. The van der Waals surface area contributed by atoms with E-state index in [4.69, 9.17) is 11.6 Å². The van der Waals surface area contributed by atoms with Crippen molar-refractivity contribution >= 4 is 46.6 Å². The fraction of sp³-hybridized carbons (Fsp3) is 0.391. The lowest BCUT2D eigenvalue weighted by atomic mass is 10.00. The van der Waals surface area contributed by atoms with E-state index >= 15 is 0 Å². The minimum absolute atomic E-state index is 0.0434. The second-order valence-corrected chi connectivity index (χ2v) is 9.94. The van der Waals surface area contributed by atoms with E-state index in [-0.39, 0.29) is 17.6 Å². The van der Waals surface area contributed by atoms with Gasteiger partial charge in [0, 0.05) is 29.4 Å². The Labute approximate surface area is 186 Å². The van der Waals surface area contributed by atoms with Crippen molar-refractivity contribution in [2.45, 2.75) is 24.6 Å². The number of benzene rings is 2. The number of halogens is 1. The Kier molecular flexibility index (Phi) is 5.04. The van der Waals surface area contributed by atoms with Gasteiger partial charge >= 0.3 is 0 Å². The molecule has 0 aliphatic carbocycles. The number of hydrogen-bond acceptors (Lipinski definition) is 4. The maximum absolute atomic E-state index is 14.0. The van der Waals surface area contributed by atoms with E-state index < -0.39 is 4.87 Å². The lowest BCUT2D eigenvalue weighted by Crippen LogP contribution is -2.52. The first-order valence-electron chi connectivity index (χ1n) is 10.4. The van der Waals surface area contributed by atoms with E-state index in [9.17, 15) is 9.59 Å². The third-order valence-corrected chi connectivity index (χ3v) is 7.97. The summed E-state index contributed by atoms with van der Waals surface area (Å²) in [6.45, 7) is 4.82. The number of likely N-dealkylation sites (tertiary alicyclic amines) is 1. The SMILES string of the molecule is CC1CCN(CN2C(=O)C3(SCC(=O)N3c3cccc(Cl)c3)c3ccccc32)CC1. The van der Waals surface area contributed by atoms with Crippen LogP contribution < -0.4 is 9.80 Å². The molecule has 2 amide bonds. The monoisotopic (exact) mass is 441 g/mol. The van der Waals surface area contributed by atoms with Crippen molar-refractivity contribution in [1.29, 1.82) is 0 Å². The van der Waals surface area contributed by atoms with Crippen molar-refractivity contribution < 1.29 is 9.59 Å². The fourth-order valence-electron chi connectivity index (χ4n) is 4.71. The lowest BCUT2D eigenvalue weighted by molar-refractivity contribution is -0.124. The third-order valence-electron chi connectivity index (χ3n) is 6.35. The number of amides is 2. The minimum atomic E-state index is -1.07. The molecule has 0 saturated carbocycles. The Morgan fingerprint density at radius 3 is 2.63 bits per heavy atom. The first-order valence-corrected chi connectivity index (χ1v) is 11.7. The van der Waals surface area contributed by atoms with Gasteiger partial charge in [-0.2, -0.15) is 0 Å². The molecule has 3 heterocycles. The third kappa shape index (κ3) is 3.04. The molecule has 2 aromatic rings. The maximum atomic E-state index is 14.0. The predicted octanol–water partition coefficient (Wildman–Crippen LogP) is 4.31. The highest BCUT2D eigenvalue weighted by atomic mass is 35.5. The molecule has 7 heteroatoms. The molecule has 3 aliphatic rings. The normalized spacial score (nSPS) is 24.9. The van der Waals surface area contributed by atoms with Gasteiger partial charge in [0.2, 0.25) is 10.8 Å². The number of hydrogen-bond donors (Lipinski definition) is 0. The van der Waals surface area contributed by atoms with Crippen molar-refractivity contribution in [3.8, 4) is 0 Å². The van der Waals surface area contributed by atoms with Gasteiger partial charge in [0.15, 0.2) is 0 Å². The van der Waals surface area contributed by atoms with E-state index in [1.54, 1.807) is 17.0 Å². The summed E-state index contributed by atoms with van der Waals surface area (Å²) in [7, 11) is 0. The van der Waals surface area contributed by atoms with E-state index in [0.29, 0.717) is 17.4 Å². The van der Waals surface area contributed by atoms with E-state index in [2.05, 4.69) is 11.8 Å². The molecule has 156 valence electrons. The highest BCUT2D eigenvalue weighted by Gasteiger charge is 2.61. The number of nitrogens with zero attached hydrogens (tertiary/aromatic N) is 3. The van der Waals surface area contributed by atoms with Crippen LogP contribution in [0.5, 0.6) is 0 Å². The first kappa shape index (κ1) is 19.9. The molecule has 0 aromatic heterocycles. The van der Waals surface area contributed by atoms with Crippen molar-refractivity contribution in [3.63, 3.8) is 0 Å². The molecule has 1 unspecified atom stereocenters. The van der Waals surface area contributed by atoms with Gasteiger partial charge in [0.05, 0.1) is 18.1 Å². The fourth-order valence-corrected chi connectivity index (χ4v) is 6.26. The zero-order valence-electron chi connectivity index (χ0n) is 16.9. The summed E-state index contributed by atoms with van der Waals surface area (Å²) in [5.74, 6) is 0.884. The zero-order valence-corrected chi connectivity index (χ0v) is 18.5. The Bertz CT molecular complexity index is 1010. The molecule has 1 atom stereocenters. The van der Waals surface area contributed by atoms with Crippen LogP contribution in [0.15, 0.2) is 48.5 Å². The summed E-state index contributed by atoms with van der Waals surface area (Å²) in [5.41, 5.74) is 2.45. The number of rotatable bonds is 3. The molecule has 0 bridgehead atoms. The first-order chi connectivity index (χ1) is 14.5. The highest BCUT2D eigenvalue weighted by molar-refractivity contribution is 8.02. The van der Waals surface area contributed by atoms with Crippen LogP contribution in [0.2, 0.25) is 5.02 Å². The topological polar surface area (TPSA) is 43.9 Å². The molecular formula is C23H24ClN3O2S. The van der Waals surface area contributed by atoms with E-state index in [0.717, 1.165) is 43.1 Å². The van der Waals surface area contributed by atoms with Gasteiger partial charge in [-0.1, -0.05) is 42.8 Å². The number of carbonyl (C=O) groups excluding carboxylic acids is 2. The second kappa shape index (κ2) is 7.59. The van der Waals surface area contributed by atoms with Gasteiger partial charge in [-0.25, -0.2) is 0 Å². The lowest BCUT2D eigenvalue weighted by Gasteiger charge is -2.35. The van der Waals surface area contributed by atoms with Crippen LogP contribution in [0.1, 0.15) is 25.3 Å². The molecule has 1 spiro atoms. The minimum Gasteiger partial charge on any atom is -0.295 e. The van der Waals surface area contributed by atoms with Crippen molar-refractivity contribution in [2.75, 3.05) is 35.3 Å². The smallest absolute Gasteiger partial charge is 0.269 e. The molecule has 2 aromatic carbocycles. The summed E-state index contributed by atoms with van der Waals surface area (Å²) >= 11 is 7.63. The Morgan fingerprint density at radius 1 is 1.10 bits per heavy atom. The molecular weight excluding hydrogens is 418 g/mol. The van der Waals surface area contributed by atoms with Crippen LogP contribution >= 0.6 is 23.4 Å². The quantitative estimate of drug-likeness (QED) is 0.712. The zero-order chi connectivity index (χ0) is 20.9. The maximum Gasteiger partial charge on any atom is 0.269 e. The van der Waals surface area contributed by atoms with Crippen LogP contribution in [0.4, 0.5) is 11.4 Å². The Morgan fingerprint density at radius 2 is 1.87 bits per heavy atom. The van der Waals surface area contributed by atoms with Crippen LogP contribution in [-0.2, 0) is 14.5 Å². The number of fused-ring (bicyclic) bond motifs is 2. The van der Waals surface area contributed by atoms with Gasteiger partial charge in [0.1, 0.15) is 0 Å². The summed E-state index contributed by atoms with van der Waals surface area (Å²) in [5, 5.41) is 0.547. The van der Waals surface area contributed by atoms with Crippen LogP contribution in [0, 0.1) is 5.92 Å². The molecule has 5 rings (SSSR count). The van der Waals surface area contributed by atoms with Gasteiger partial charge in [-0.05, 0) is 43.0 Å². The highest BCUT2D eigenvalue weighted by Crippen LogP contribution is 2.55. The Balaban J connectivity index is 1.56. The Hall–Kier alpha value is -2.02. The van der Waals surface area contributed by atoms with Crippen LogP contribution in [-0.4, -0.2) is 42.2 Å². The molecule has 0 N–H and O–H groups in total. The number of para-hydroxylation sites is 1. The molecule has 2 saturated heterocycles. The number of piperidine rings is 1. The molecule has 3 aliphatic heterocycles. The standard InChI is InChI=1S/C23H24ClN3O2S/c1-16-9-11-25(12-10-16)15-26-20-8-3-2-7-19(20)23(22(26)29)27(21(28)14-30-23)18-6-4-5-17(24)13-18/h2-8,13,16H,9-12,14-15H2,1H3. The van der Waals surface area contributed by atoms with Gasteiger partial charge in [-0.15, -0.1) is 11.8 Å². The second-order valence-electron chi connectivity index (χ2n) is 8.33. The molecule has 2 fully saturated rings. The average Bonchev–Trinajstić information content (AvgIpc) is 3.21. The van der Waals surface area contributed by atoms with Crippen molar-refractivity contribution in [1.82, 2.24) is 4.90 Å². The van der Waals surface area contributed by atoms with Gasteiger partial charge in [-0.3, -0.25) is 24.3 Å². The summed E-state index contributed by atoms with van der Waals surface area (Å²) in [6.07, 6.45) is 2.30. The van der Waals surface area contributed by atoms with E-state index in [1.807, 2.05) is 41.3 Å².